The predicted molar refractivity (Wildman–Crippen MR) is 65.6 cm³/mol. The molecule has 0 aromatic rings. The average molecular weight is 227 g/mol. The van der Waals surface area contributed by atoms with Gasteiger partial charge in [0.2, 0.25) is 0 Å². The van der Waals surface area contributed by atoms with Crippen LogP contribution in [0.15, 0.2) is 0 Å². The Labute approximate surface area is 98.6 Å². The maximum Gasteiger partial charge on any atom is 0.0597 e. The van der Waals surface area contributed by atoms with Crippen LogP contribution < -0.4 is 5.32 Å². The summed E-state index contributed by atoms with van der Waals surface area (Å²) >= 11 is 0. The van der Waals surface area contributed by atoms with Crippen molar-refractivity contribution >= 4 is 0 Å². The quantitative estimate of drug-likeness (QED) is 0.694. The van der Waals surface area contributed by atoms with Crippen LogP contribution in [0, 0.1) is 0 Å². The Morgan fingerprint density at radius 3 is 2.44 bits per heavy atom. The van der Waals surface area contributed by atoms with Crippen LogP contribution in [-0.4, -0.2) is 73.4 Å². The van der Waals surface area contributed by atoms with Gasteiger partial charge in [-0.1, -0.05) is 0 Å². The molecule has 4 heteroatoms. The third-order valence-electron chi connectivity index (χ3n) is 3.71. The Morgan fingerprint density at radius 2 is 1.69 bits per heavy atom. The van der Waals surface area contributed by atoms with Gasteiger partial charge >= 0.3 is 0 Å². The molecule has 2 aliphatic rings. The standard InChI is InChI=1S/C12H25N3O/c16-11-12-10-15(7-3-4-13-12)9-8-14-5-1-2-6-14/h12-13,16H,1-11H2. The molecule has 0 aliphatic carbocycles. The maximum atomic E-state index is 9.21. The zero-order valence-electron chi connectivity index (χ0n) is 10.2. The van der Waals surface area contributed by atoms with Gasteiger partial charge in [0, 0.05) is 25.7 Å². The first kappa shape index (κ1) is 12.3. The zero-order valence-corrected chi connectivity index (χ0v) is 10.2. The highest BCUT2D eigenvalue weighted by Gasteiger charge is 2.18. The van der Waals surface area contributed by atoms with Crippen molar-refractivity contribution in [2.75, 3.05) is 52.4 Å². The first-order chi connectivity index (χ1) is 7.88. The van der Waals surface area contributed by atoms with Crippen molar-refractivity contribution in [2.24, 2.45) is 0 Å². The van der Waals surface area contributed by atoms with Crippen molar-refractivity contribution in [3.05, 3.63) is 0 Å². The fourth-order valence-corrected chi connectivity index (χ4v) is 2.69. The van der Waals surface area contributed by atoms with Crippen LogP contribution in [0.2, 0.25) is 0 Å². The SMILES string of the molecule is OCC1CN(CCN2CCCC2)CCCN1. The van der Waals surface area contributed by atoms with Crippen molar-refractivity contribution in [2.45, 2.75) is 25.3 Å². The van der Waals surface area contributed by atoms with Crippen LogP contribution in [-0.2, 0) is 0 Å². The number of nitrogens with zero attached hydrogens (tertiary/aromatic N) is 2. The van der Waals surface area contributed by atoms with E-state index >= 15 is 0 Å². The van der Waals surface area contributed by atoms with E-state index in [9.17, 15) is 5.11 Å². The van der Waals surface area contributed by atoms with Crippen molar-refractivity contribution in [1.82, 2.24) is 15.1 Å². The normalized spacial score (nSPS) is 29.4. The largest absolute Gasteiger partial charge is 0.395 e. The number of aliphatic hydroxyl groups is 1. The van der Waals surface area contributed by atoms with Gasteiger partial charge in [0.1, 0.15) is 0 Å². The molecule has 0 saturated carbocycles. The molecule has 2 aliphatic heterocycles. The molecule has 2 heterocycles. The van der Waals surface area contributed by atoms with Crippen molar-refractivity contribution in [3.8, 4) is 0 Å². The van der Waals surface area contributed by atoms with Gasteiger partial charge in [-0.3, -0.25) is 0 Å². The van der Waals surface area contributed by atoms with E-state index in [0.29, 0.717) is 0 Å². The van der Waals surface area contributed by atoms with E-state index in [1.165, 1.54) is 45.4 Å². The molecule has 16 heavy (non-hydrogen) atoms. The summed E-state index contributed by atoms with van der Waals surface area (Å²) in [6.07, 6.45) is 3.96. The van der Waals surface area contributed by atoms with Crippen LogP contribution in [0.4, 0.5) is 0 Å². The van der Waals surface area contributed by atoms with E-state index in [2.05, 4.69) is 15.1 Å². The van der Waals surface area contributed by atoms with Crippen LogP contribution in [0.5, 0.6) is 0 Å². The topological polar surface area (TPSA) is 38.7 Å². The molecule has 2 rings (SSSR count). The van der Waals surface area contributed by atoms with Gasteiger partial charge in [-0.05, 0) is 45.4 Å². The predicted octanol–water partition coefficient (Wildman–Crippen LogP) is -0.262. The van der Waals surface area contributed by atoms with Gasteiger partial charge in [-0.25, -0.2) is 0 Å². The van der Waals surface area contributed by atoms with Gasteiger partial charge < -0.3 is 20.2 Å². The molecule has 1 atom stereocenters. The second-order valence-corrected chi connectivity index (χ2v) is 5.04. The van der Waals surface area contributed by atoms with E-state index in [0.717, 1.165) is 19.6 Å². The number of rotatable bonds is 4. The molecule has 2 N–H and O–H groups in total. The van der Waals surface area contributed by atoms with Gasteiger partial charge in [-0.2, -0.15) is 0 Å². The summed E-state index contributed by atoms with van der Waals surface area (Å²) in [7, 11) is 0. The lowest BCUT2D eigenvalue weighted by atomic mass is 10.3. The lowest BCUT2D eigenvalue weighted by Gasteiger charge is -2.25. The van der Waals surface area contributed by atoms with Gasteiger partial charge in [0.25, 0.3) is 0 Å². The molecule has 94 valence electrons. The smallest absolute Gasteiger partial charge is 0.0597 e. The van der Waals surface area contributed by atoms with Gasteiger partial charge in [0.05, 0.1) is 6.61 Å². The molecule has 2 saturated heterocycles. The first-order valence-electron chi connectivity index (χ1n) is 6.67. The summed E-state index contributed by atoms with van der Waals surface area (Å²) in [6.45, 7) is 8.44. The average Bonchev–Trinajstić information content (AvgIpc) is 2.71. The van der Waals surface area contributed by atoms with Crippen LogP contribution in [0.25, 0.3) is 0 Å². The van der Waals surface area contributed by atoms with Gasteiger partial charge in [-0.15, -0.1) is 0 Å². The van der Waals surface area contributed by atoms with Crippen LogP contribution in [0.3, 0.4) is 0 Å². The van der Waals surface area contributed by atoms with Crippen LogP contribution >= 0.6 is 0 Å². The van der Waals surface area contributed by atoms with E-state index in [4.69, 9.17) is 0 Å². The fraction of sp³-hybridized carbons (Fsp3) is 1.00. The van der Waals surface area contributed by atoms with E-state index in [-0.39, 0.29) is 12.6 Å². The van der Waals surface area contributed by atoms with Crippen LogP contribution in [0.1, 0.15) is 19.3 Å². The van der Waals surface area contributed by atoms with Crippen molar-refractivity contribution < 1.29 is 5.11 Å². The summed E-state index contributed by atoms with van der Waals surface area (Å²) in [4.78, 5) is 5.06. The molecule has 4 nitrogen and oxygen atoms in total. The number of nitrogens with one attached hydrogen (secondary N) is 1. The molecule has 0 bridgehead atoms. The summed E-state index contributed by atoms with van der Waals surface area (Å²) in [5, 5.41) is 12.6. The molecular weight excluding hydrogens is 202 g/mol. The minimum absolute atomic E-state index is 0.264. The number of aliphatic hydroxyl groups excluding tert-OH is 1. The summed E-state index contributed by atoms with van der Waals surface area (Å²) in [6, 6.07) is 0.279. The lowest BCUT2D eigenvalue weighted by molar-refractivity contribution is 0.185. The van der Waals surface area contributed by atoms with Crippen molar-refractivity contribution in [3.63, 3.8) is 0 Å². The van der Waals surface area contributed by atoms with E-state index < -0.39 is 0 Å². The Balaban J connectivity index is 1.70. The molecule has 0 amide bonds. The lowest BCUT2D eigenvalue weighted by Crippen LogP contribution is -2.42. The Bertz CT molecular complexity index is 195. The highest BCUT2D eigenvalue weighted by atomic mass is 16.3. The van der Waals surface area contributed by atoms with Crippen molar-refractivity contribution in [1.29, 1.82) is 0 Å². The number of hydrogen-bond acceptors (Lipinski definition) is 4. The maximum absolute atomic E-state index is 9.21. The fourth-order valence-electron chi connectivity index (χ4n) is 2.69. The number of hydrogen-bond donors (Lipinski definition) is 2. The molecule has 1 unspecified atom stereocenters. The molecular formula is C12H25N3O. The molecule has 0 aromatic carbocycles. The first-order valence-corrected chi connectivity index (χ1v) is 6.67. The Morgan fingerprint density at radius 1 is 1.00 bits per heavy atom. The van der Waals surface area contributed by atoms with Gasteiger partial charge in [0.15, 0.2) is 0 Å². The summed E-state index contributed by atoms with van der Waals surface area (Å²) < 4.78 is 0. The highest BCUT2D eigenvalue weighted by Crippen LogP contribution is 2.07. The molecule has 0 spiro atoms. The minimum atomic E-state index is 0.264. The summed E-state index contributed by atoms with van der Waals surface area (Å²) in [5.41, 5.74) is 0. The zero-order chi connectivity index (χ0) is 11.2. The monoisotopic (exact) mass is 227 g/mol. The second-order valence-electron chi connectivity index (χ2n) is 5.04. The Kier molecular flexibility index (Phi) is 5.03. The third-order valence-corrected chi connectivity index (χ3v) is 3.71. The summed E-state index contributed by atoms with van der Waals surface area (Å²) in [5.74, 6) is 0. The molecule has 0 radical (unpaired) electrons. The Hall–Kier alpha value is -0.160. The number of likely N-dealkylation sites (tertiary alicyclic amines) is 1. The minimum Gasteiger partial charge on any atom is -0.395 e. The highest BCUT2D eigenvalue weighted by molar-refractivity contribution is 4.77. The van der Waals surface area contributed by atoms with E-state index in [1.54, 1.807) is 0 Å². The third kappa shape index (κ3) is 3.70. The molecule has 2 fully saturated rings. The van der Waals surface area contributed by atoms with E-state index in [1.807, 2.05) is 0 Å². The second kappa shape index (κ2) is 6.55. The molecule has 0 aromatic heterocycles.